The summed E-state index contributed by atoms with van der Waals surface area (Å²) in [7, 11) is 0. The standard InChI is InChI=1S/C20H29F/c1-2-3-4-5-6-7-8-12-17-20(21)18-13-16-19-14-10-9-11-15-19/h9-11,13-16,18H,2-8,12,17H2,1H3/b16-13+,20-18+. The minimum atomic E-state index is -0.00633. The lowest BCUT2D eigenvalue weighted by molar-refractivity contribution is 0.534. The molecule has 1 heteroatoms. The molecule has 0 saturated heterocycles. The van der Waals surface area contributed by atoms with E-state index in [0.29, 0.717) is 6.42 Å². The molecule has 0 aliphatic heterocycles. The van der Waals surface area contributed by atoms with Crippen LogP contribution in [0.2, 0.25) is 0 Å². The first kappa shape index (κ1) is 17.7. The van der Waals surface area contributed by atoms with Crippen molar-refractivity contribution in [3.8, 4) is 0 Å². The molecule has 0 unspecified atom stereocenters. The van der Waals surface area contributed by atoms with E-state index in [-0.39, 0.29) is 5.83 Å². The van der Waals surface area contributed by atoms with Crippen LogP contribution in [-0.4, -0.2) is 0 Å². The fraction of sp³-hybridized carbons (Fsp3) is 0.500. The van der Waals surface area contributed by atoms with Crippen LogP contribution in [0.4, 0.5) is 4.39 Å². The molecule has 1 aromatic carbocycles. The first-order valence-electron chi connectivity index (χ1n) is 8.40. The Hall–Kier alpha value is -1.37. The normalized spacial score (nSPS) is 12.2. The highest BCUT2D eigenvalue weighted by atomic mass is 19.1. The molecule has 1 aromatic rings. The maximum Gasteiger partial charge on any atom is 0.0999 e. The third kappa shape index (κ3) is 10.1. The molecule has 0 radical (unpaired) electrons. The SMILES string of the molecule is CCCCCCCCCC/C(F)=C\C=C\c1ccccc1. The summed E-state index contributed by atoms with van der Waals surface area (Å²) in [5.41, 5.74) is 1.11. The van der Waals surface area contributed by atoms with Gasteiger partial charge in [-0.25, -0.2) is 4.39 Å². The quantitative estimate of drug-likeness (QED) is 0.301. The van der Waals surface area contributed by atoms with Crippen LogP contribution in [0.5, 0.6) is 0 Å². The second-order valence-corrected chi connectivity index (χ2v) is 5.61. The molecule has 0 aromatic heterocycles. The lowest BCUT2D eigenvalue weighted by Gasteiger charge is -2.00. The molecule has 0 bridgehead atoms. The van der Waals surface area contributed by atoms with Gasteiger partial charge in [-0.3, -0.25) is 0 Å². The summed E-state index contributed by atoms with van der Waals surface area (Å²) in [6, 6.07) is 9.98. The Morgan fingerprint density at radius 3 is 2.19 bits per heavy atom. The lowest BCUT2D eigenvalue weighted by Crippen LogP contribution is -1.81. The van der Waals surface area contributed by atoms with Gasteiger partial charge in [0, 0.05) is 0 Å². The van der Waals surface area contributed by atoms with E-state index in [4.69, 9.17) is 0 Å². The molecule has 0 amide bonds. The van der Waals surface area contributed by atoms with Crippen molar-refractivity contribution in [2.45, 2.75) is 64.7 Å². The van der Waals surface area contributed by atoms with Crippen molar-refractivity contribution >= 4 is 6.08 Å². The maximum atomic E-state index is 13.6. The summed E-state index contributed by atoms with van der Waals surface area (Å²) >= 11 is 0. The van der Waals surface area contributed by atoms with Gasteiger partial charge in [0.1, 0.15) is 0 Å². The maximum absolute atomic E-state index is 13.6. The van der Waals surface area contributed by atoms with Gasteiger partial charge in [0.05, 0.1) is 5.83 Å². The summed E-state index contributed by atoms with van der Waals surface area (Å²) in [6.45, 7) is 2.24. The van der Waals surface area contributed by atoms with E-state index in [1.807, 2.05) is 36.4 Å². The molecule has 116 valence electrons. The zero-order valence-electron chi connectivity index (χ0n) is 13.4. The monoisotopic (exact) mass is 288 g/mol. The van der Waals surface area contributed by atoms with Gasteiger partial charge in [0.25, 0.3) is 0 Å². The number of benzene rings is 1. The van der Waals surface area contributed by atoms with Crippen LogP contribution in [0.1, 0.15) is 70.3 Å². The van der Waals surface area contributed by atoms with Crippen LogP contribution in [0.15, 0.2) is 48.3 Å². The Morgan fingerprint density at radius 1 is 0.905 bits per heavy atom. The third-order valence-electron chi connectivity index (χ3n) is 3.63. The number of hydrogen-bond acceptors (Lipinski definition) is 0. The molecule has 0 atom stereocenters. The van der Waals surface area contributed by atoms with Crippen molar-refractivity contribution < 1.29 is 4.39 Å². The lowest BCUT2D eigenvalue weighted by atomic mass is 10.1. The third-order valence-corrected chi connectivity index (χ3v) is 3.63. The molecule has 21 heavy (non-hydrogen) atoms. The number of allylic oxidation sites excluding steroid dienone is 3. The second kappa shape index (κ2) is 12.4. The summed E-state index contributed by atoms with van der Waals surface area (Å²) in [5, 5.41) is 0. The largest absolute Gasteiger partial charge is 0.212 e. The number of rotatable bonds is 11. The minimum Gasteiger partial charge on any atom is -0.212 e. The molecule has 0 spiro atoms. The molecule has 0 aliphatic carbocycles. The van der Waals surface area contributed by atoms with Crippen molar-refractivity contribution in [3.63, 3.8) is 0 Å². The van der Waals surface area contributed by atoms with Gasteiger partial charge < -0.3 is 0 Å². The highest BCUT2D eigenvalue weighted by Crippen LogP contribution is 2.14. The van der Waals surface area contributed by atoms with Crippen LogP contribution in [0.25, 0.3) is 6.08 Å². The first-order valence-corrected chi connectivity index (χ1v) is 8.40. The van der Waals surface area contributed by atoms with Gasteiger partial charge in [-0.1, -0.05) is 94.4 Å². The van der Waals surface area contributed by atoms with Crippen LogP contribution in [0, 0.1) is 0 Å². The van der Waals surface area contributed by atoms with Gasteiger partial charge in [-0.2, -0.15) is 0 Å². The average molecular weight is 288 g/mol. The van der Waals surface area contributed by atoms with Crippen LogP contribution in [-0.2, 0) is 0 Å². The van der Waals surface area contributed by atoms with Crippen molar-refractivity contribution in [2.24, 2.45) is 0 Å². The van der Waals surface area contributed by atoms with Gasteiger partial charge in [0.15, 0.2) is 0 Å². The minimum absolute atomic E-state index is 0.00633. The van der Waals surface area contributed by atoms with Gasteiger partial charge >= 0.3 is 0 Å². The molecule has 0 N–H and O–H groups in total. The van der Waals surface area contributed by atoms with E-state index in [0.717, 1.165) is 18.4 Å². The van der Waals surface area contributed by atoms with E-state index < -0.39 is 0 Å². The molecule has 0 fully saturated rings. The molecule has 0 aliphatic rings. The Balaban J connectivity index is 2.06. The molecular formula is C20H29F. The Kier molecular flexibility index (Phi) is 10.4. The Bertz CT molecular complexity index is 403. The molecular weight excluding hydrogens is 259 g/mol. The highest BCUT2D eigenvalue weighted by Gasteiger charge is 1.95. The topological polar surface area (TPSA) is 0 Å². The van der Waals surface area contributed by atoms with Gasteiger partial charge in [-0.15, -0.1) is 0 Å². The van der Waals surface area contributed by atoms with Crippen molar-refractivity contribution in [1.29, 1.82) is 0 Å². The fourth-order valence-electron chi connectivity index (χ4n) is 2.34. The summed E-state index contributed by atoms with van der Waals surface area (Å²) in [4.78, 5) is 0. The van der Waals surface area contributed by atoms with E-state index in [2.05, 4.69) is 6.92 Å². The smallest absolute Gasteiger partial charge is 0.0999 e. The summed E-state index contributed by atoms with van der Waals surface area (Å²) in [5.74, 6) is -0.00633. The van der Waals surface area contributed by atoms with Gasteiger partial charge in [0.2, 0.25) is 0 Å². The zero-order valence-corrected chi connectivity index (χ0v) is 13.4. The fourth-order valence-corrected chi connectivity index (χ4v) is 2.34. The zero-order chi connectivity index (χ0) is 15.2. The van der Waals surface area contributed by atoms with Crippen LogP contribution < -0.4 is 0 Å². The number of unbranched alkanes of at least 4 members (excludes halogenated alkanes) is 7. The predicted octanol–water partition coefficient (Wildman–Crippen LogP) is 7.08. The van der Waals surface area contributed by atoms with Crippen molar-refractivity contribution in [1.82, 2.24) is 0 Å². The highest BCUT2D eigenvalue weighted by molar-refractivity contribution is 5.50. The predicted molar refractivity (Wildman–Crippen MR) is 91.9 cm³/mol. The van der Waals surface area contributed by atoms with E-state index in [9.17, 15) is 4.39 Å². The summed E-state index contributed by atoms with van der Waals surface area (Å²) < 4.78 is 13.6. The summed E-state index contributed by atoms with van der Waals surface area (Å²) in [6.07, 6.45) is 15.9. The molecule has 0 heterocycles. The Morgan fingerprint density at radius 2 is 1.52 bits per heavy atom. The first-order chi connectivity index (χ1) is 10.3. The van der Waals surface area contributed by atoms with Crippen molar-refractivity contribution in [2.75, 3.05) is 0 Å². The molecule has 0 saturated carbocycles. The van der Waals surface area contributed by atoms with Crippen LogP contribution >= 0.6 is 0 Å². The Labute approximate surface area is 129 Å². The van der Waals surface area contributed by atoms with E-state index in [1.54, 1.807) is 12.2 Å². The molecule has 1 rings (SSSR count). The number of hydrogen-bond donors (Lipinski definition) is 0. The number of halogens is 1. The van der Waals surface area contributed by atoms with Crippen LogP contribution in [0.3, 0.4) is 0 Å². The van der Waals surface area contributed by atoms with Crippen molar-refractivity contribution in [3.05, 3.63) is 53.9 Å². The average Bonchev–Trinajstić information content (AvgIpc) is 2.51. The van der Waals surface area contributed by atoms with E-state index >= 15 is 0 Å². The van der Waals surface area contributed by atoms with E-state index in [1.165, 1.54) is 38.5 Å². The van der Waals surface area contributed by atoms with Gasteiger partial charge in [-0.05, 0) is 24.5 Å². The second-order valence-electron chi connectivity index (χ2n) is 5.61. The molecule has 0 nitrogen and oxygen atoms in total.